The van der Waals surface area contributed by atoms with Crippen LogP contribution in [0.4, 0.5) is 0 Å². The summed E-state index contributed by atoms with van der Waals surface area (Å²) in [5.74, 6) is 2.08. The van der Waals surface area contributed by atoms with Crippen molar-refractivity contribution in [3.8, 4) is 0 Å². The Morgan fingerprint density at radius 1 is 1.16 bits per heavy atom. The molecule has 0 aliphatic carbocycles. The van der Waals surface area contributed by atoms with Crippen molar-refractivity contribution in [2.24, 2.45) is 11.8 Å². The van der Waals surface area contributed by atoms with Crippen LogP contribution < -0.4 is 0 Å². The molecular formula is C18H28O. The van der Waals surface area contributed by atoms with Crippen molar-refractivity contribution in [3.05, 3.63) is 35.4 Å². The molecule has 0 bridgehead atoms. The summed E-state index contributed by atoms with van der Waals surface area (Å²) >= 11 is 0. The van der Waals surface area contributed by atoms with Crippen LogP contribution in [0.1, 0.15) is 57.6 Å². The molecule has 0 spiro atoms. The maximum Gasteiger partial charge on any atom is 0.0629 e. The van der Waals surface area contributed by atoms with E-state index in [-0.39, 0.29) is 5.60 Å². The zero-order chi connectivity index (χ0) is 14.0. The standard InChI is InChI=1S/C18H28O/c1-13(2)17(15-8-6-14(3)7-9-15)16-10-11-19-18(4,5)12-16/h6-9,13,16-17H,10-12H2,1-5H3. The van der Waals surface area contributed by atoms with Gasteiger partial charge < -0.3 is 4.74 Å². The molecule has 106 valence electrons. The van der Waals surface area contributed by atoms with Crippen LogP contribution in [-0.4, -0.2) is 12.2 Å². The Hall–Kier alpha value is -0.820. The first-order valence-corrected chi connectivity index (χ1v) is 7.59. The van der Waals surface area contributed by atoms with Crippen LogP contribution in [0.5, 0.6) is 0 Å². The van der Waals surface area contributed by atoms with Crippen LogP contribution >= 0.6 is 0 Å². The van der Waals surface area contributed by atoms with Crippen LogP contribution in [0.15, 0.2) is 24.3 Å². The Balaban J connectivity index is 2.22. The molecule has 1 aromatic rings. The maximum atomic E-state index is 5.88. The molecule has 2 unspecified atom stereocenters. The molecular weight excluding hydrogens is 232 g/mol. The average Bonchev–Trinajstić information content (AvgIpc) is 2.30. The second kappa shape index (κ2) is 5.66. The molecule has 0 aromatic heterocycles. The largest absolute Gasteiger partial charge is 0.376 e. The van der Waals surface area contributed by atoms with Crippen LogP contribution in [0.2, 0.25) is 0 Å². The lowest BCUT2D eigenvalue weighted by Crippen LogP contribution is -2.37. The number of aryl methyl sites for hydroxylation is 1. The van der Waals surface area contributed by atoms with Gasteiger partial charge in [0.25, 0.3) is 0 Å². The molecule has 19 heavy (non-hydrogen) atoms. The third-order valence-corrected chi connectivity index (χ3v) is 4.42. The van der Waals surface area contributed by atoms with Crippen molar-refractivity contribution in [2.45, 2.75) is 59.0 Å². The lowest BCUT2D eigenvalue weighted by atomic mass is 9.72. The minimum absolute atomic E-state index is 0.0424. The fourth-order valence-electron chi connectivity index (χ4n) is 3.58. The highest BCUT2D eigenvalue weighted by Crippen LogP contribution is 2.41. The summed E-state index contributed by atoms with van der Waals surface area (Å²) in [4.78, 5) is 0. The highest BCUT2D eigenvalue weighted by atomic mass is 16.5. The zero-order valence-corrected chi connectivity index (χ0v) is 13.1. The second-order valence-corrected chi connectivity index (χ2v) is 7.04. The van der Waals surface area contributed by atoms with Gasteiger partial charge in [-0.2, -0.15) is 0 Å². The van der Waals surface area contributed by atoms with E-state index in [0.717, 1.165) is 12.5 Å². The van der Waals surface area contributed by atoms with E-state index in [2.05, 4.69) is 58.9 Å². The molecule has 0 N–H and O–H groups in total. The molecule has 0 amide bonds. The van der Waals surface area contributed by atoms with Crippen LogP contribution in [0, 0.1) is 18.8 Å². The number of benzene rings is 1. The summed E-state index contributed by atoms with van der Waals surface area (Å²) in [5, 5.41) is 0. The van der Waals surface area contributed by atoms with Crippen LogP contribution in [0.3, 0.4) is 0 Å². The summed E-state index contributed by atoms with van der Waals surface area (Å²) in [7, 11) is 0. The van der Waals surface area contributed by atoms with Gasteiger partial charge in [-0.15, -0.1) is 0 Å². The highest BCUT2D eigenvalue weighted by molar-refractivity contribution is 5.25. The van der Waals surface area contributed by atoms with Gasteiger partial charge >= 0.3 is 0 Å². The van der Waals surface area contributed by atoms with Gasteiger partial charge in [-0.3, -0.25) is 0 Å². The zero-order valence-electron chi connectivity index (χ0n) is 13.1. The topological polar surface area (TPSA) is 9.23 Å². The summed E-state index contributed by atoms with van der Waals surface area (Å²) in [6.07, 6.45) is 2.36. The highest BCUT2D eigenvalue weighted by Gasteiger charge is 2.35. The van der Waals surface area contributed by atoms with E-state index in [0.29, 0.717) is 11.8 Å². The van der Waals surface area contributed by atoms with Gasteiger partial charge in [0.1, 0.15) is 0 Å². The molecule has 0 saturated carbocycles. The minimum Gasteiger partial charge on any atom is -0.376 e. The molecule has 1 aliphatic heterocycles. The van der Waals surface area contributed by atoms with E-state index >= 15 is 0 Å². The first kappa shape index (κ1) is 14.6. The fourth-order valence-corrected chi connectivity index (χ4v) is 3.58. The quantitative estimate of drug-likeness (QED) is 0.748. The van der Waals surface area contributed by atoms with Gasteiger partial charge in [-0.1, -0.05) is 43.7 Å². The fraction of sp³-hybridized carbons (Fsp3) is 0.667. The molecule has 1 heterocycles. The number of rotatable bonds is 3. The summed E-state index contributed by atoms with van der Waals surface area (Å²) < 4.78 is 5.88. The van der Waals surface area contributed by atoms with Gasteiger partial charge in [0, 0.05) is 6.61 Å². The summed E-state index contributed by atoms with van der Waals surface area (Å²) in [5.41, 5.74) is 2.89. The SMILES string of the molecule is Cc1ccc(C(C(C)C)C2CCOC(C)(C)C2)cc1. The van der Waals surface area contributed by atoms with E-state index in [1.165, 1.54) is 24.0 Å². The lowest BCUT2D eigenvalue weighted by Gasteiger charge is -2.41. The van der Waals surface area contributed by atoms with Gasteiger partial charge in [0.2, 0.25) is 0 Å². The predicted molar refractivity (Wildman–Crippen MR) is 81.5 cm³/mol. The van der Waals surface area contributed by atoms with E-state index in [1.54, 1.807) is 0 Å². The third-order valence-electron chi connectivity index (χ3n) is 4.42. The van der Waals surface area contributed by atoms with Crippen molar-refractivity contribution in [2.75, 3.05) is 6.61 Å². The van der Waals surface area contributed by atoms with Crippen molar-refractivity contribution in [1.29, 1.82) is 0 Å². The van der Waals surface area contributed by atoms with E-state index in [4.69, 9.17) is 4.74 Å². The second-order valence-electron chi connectivity index (χ2n) is 7.04. The van der Waals surface area contributed by atoms with Crippen LogP contribution in [-0.2, 0) is 4.74 Å². The molecule has 0 radical (unpaired) electrons. The van der Waals surface area contributed by atoms with Gasteiger partial charge in [-0.25, -0.2) is 0 Å². The number of hydrogen-bond donors (Lipinski definition) is 0. The first-order chi connectivity index (χ1) is 8.89. The summed E-state index contributed by atoms with van der Waals surface area (Å²) in [6.45, 7) is 12.2. The van der Waals surface area contributed by atoms with Crippen molar-refractivity contribution < 1.29 is 4.74 Å². The van der Waals surface area contributed by atoms with E-state index in [1.807, 2.05) is 0 Å². The maximum absolute atomic E-state index is 5.88. The van der Waals surface area contributed by atoms with Gasteiger partial charge in [-0.05, 0) is 56.9 Å². The third kappa shape index (κ3) is 3.60. The minimum atomic E-state index is 0.0424. The monoisotopic (exact) mass is 260 g/mol. The Morgan fingerprint density at radius 2 is 1.79 bits per heavy atom. The van der Waals surface area contributed by atoms with Crippen molar-refractivity contribution in [1.82, 2.24) is 0 Å². The molecule has 1 aromatic carbocycles. The Kier molecular flexibility index (Phi) is 4.35. The molecule has 1 nitrogen and oxygen atoms in total. The summed E-state index contributed by atoms with van der Waals surface area (Å²) in [6, 6.07) is 9.13. The first-order valence-electron chi connectivity index (χ1n) is 7.59. The van der Waals surface area contributed by atoms with Crippen LogP contribution in [0.25, 0.3) is 0 Å². The predicted octanol–water partition coefficient (Wildman–Crippen LogP) is 4.94. The molecule has 2 rings (SSSR count). The van der Waals surface area contributed by atoms with Crippen molar-refractivity contribution in [3.63, 3.8) is 0 Å². The average molecular weight is 260 g/mol. The van der Waals surface area contributed by atoms with E-state index < -0.39 is 0 Å². The Bertz CT molecular complexity index is 402. The Morgan fingerprint density at radius 3 is 2.32 bits per heavy atom. The lowest BCUT2D eigenvalue weighted by molar-refractivity contribution is -0.0791. The molecule has 1 heteroatoms. The molecule has 1 saturated heterocycles. The van der Waals surface area contributed by atoms with Crippen molar-refractivity contribution >= 4 is 0 Å². The normalized spacial score (nSPS) is 24.4. The molecule has 2 atom stereocenters. The Labute approximate surface area is 118 Å². The number of ether oxygens (including phenoxy) is 1. The van der Waals surface area contributed by atoms with Gasteiger partial charge in [0.15, 0.2) is 0 Å². The number of hydrogen-bond acceptors (Lipinski definition) is 1. The molecule has 1 fully saturated rings. The smallest absolute Gasteiger partial charge is 0.0629 e. The van der Waals surface area contributed by atoms with Gasteiger partial charge in [0.05, 0.1) is 5.60 Å². The van der Waals surface area contributed by atoms with E-state index in [9.17, 15) is 0 Å². The molecule has 1 aliphatic rings.